The van der Waals surface area contributed by atoms with Gasteiger partial charge in [-0.25, -0.2) is 0 Å². The number of carbonyl (C=O) groups excluding carboxylic acids is 3. The molecule has 0 aromatic carbocycles. The van der Waals surface area contributed by atoms with Gasteiger partial charge in [0.1, 0.15) is 0 Å². The molecular formula is C29H46O3. The molecule has 0 bridgehead atoms. The molecule has 2 atom stereocenters. The number of rotatable bonds is 14. The summed E-state index contributed by atoms with van der Waals surface area (Å²) < 4.78 is 0. The molecule has 0 fully saturated rings. The van der Waals surface area contributed by atoms with E-state index in [1.807, 2.05) is 6.92 Å². The number of hydrogen-bond donors (Lipinski definition) is 0. The van der Waals surface area contributed by atoms with E-state index in [4.69, 9.17) is 0 Å². The summed E-state index contributed by atoms with van der Waals surface area (Å²) in [5.41, 5.74) is 2.14. The molecule has 1 aliphatic carbocycles. The Bertz CT molecular complexity index is 776. The molecule has 1 rings (SSSR count). The molecule has 2 unspecified atom stereocenters. The van der Waals surface area contributed by atoms with Crippen LogP contribution in [0, 0.1) is 17.8 Å². The van der Waals surface area contributed by atoms with Crippen molar-refractivity contribution >= 4 is 17.3 Å². The first kappa shape index (κ1) is 28.3. The Morgan fingerprint density at radius 2 is 1.19 bits per heavy atom. The topological polar surface area (TPSA) is 51.2 Å². The zero-order valence-corrected chi connectivity index (χ0v) is 21.9. The molecular weight excluding hydrogens is 396 g/mol. The molecule has 0 aliphatic heterocycles. The van der Waals surface area contributed by atoms with Gasteiger partial charge < -0.3 is 0 Å². The number of allylic oxidation sites excluding steroid dienone is 6. The molecule has 3 nitrogen and oxygen atoms in total. The van der Waals surface area contributed by atoms with Crippen LogP contribution in [-0.4, -0.2) is 17.3 Å². The van der Waals surface area contributed by atoms with Gasteiger partial charge in [-0.2, -0.15) is 0 Å². The fourth-order valence-corrected chi connectivity index (χ4v) is 4.47. The van der Waals surface area contributed by atoms with E-state index in [1.165, 1.54) is 38.5 Å². The van der Waals surface area contributed by atoms with Gasteiger partial charge in [-0.15, -0.1) is 0 Å². The van der Waals surface area contributed by atoms with Crippen molar-refractivity contribution in [2.24, 2.45) is 17.8 Å². The Morgan fingerprint density at radius 3 is 1.72 bits per heavy atom. The maximum absolute atomic E-state index is 12.7. The molecule has 0 saturated carbocycles. The molecule has 0 N–H and O–H groups in total. The monoisotopic (exact) mass is 442 g/mol. The van der Waals surface area contributed by atoms with Gasteiger partial charge in [-0.1, -0.05) is 78.2 Å². The maximum atomic E-state index is 12.7. The summed E-state index contributed by atoms with van der Waals surface area (Å²) in [6.07, 6.45) is 12.5. The second-order valence-corrected chi connectivity index (χ2v) is 10.6. The highest BCUT2D eigenvalue weighted by Gasteiger charge is 2.31. The predicted octanol–water partition coefficient (Wildman–Crippen LogP) is 7.75. The number of hydrogen-bond acceptors (Lipinski definition) is 3. The summed E-state index contributed by atoms with van der Waals surface area (Å²) in [4.78, 5) is 37.5. The Hall–Kier alpha value is -1.77. The molecule has 0 amide bonds. The van der Waals surface area contributed by atoms with E-state index < -0.39 is 0 Å². The van der Waals surface area contributed by atoms with Crippen molar-refractivity contribution in [2.45, 2.75) is 113 Å². The van der Waals surface area contributed by atoms with Gasteiger partial charge in [0.05, 0.1) is 5.57 Å². The minimum atomic E-state index is -0.329. The maximum Gasteiger partial charge on any atom is 0.193 e. The second-order valence-electron chi connectivity index (χ2n) is 10.6. The highest BCUT2D eigenvalue weighted by atomic mass is 16.2. The first-order valence-corrected chi connectivity index (χ1v) is 12.6. The smallest absolute Gasteiger partial charge is 0.193 e. The summed E-state index contributed by atoms with van der Waals surface area (Å²) in [5.74, 6) is 1.50. The van der Waals surface area contributed by atoms with E-state index in [0.717, 1.165) is 36.7 Å². The molecule has 0 saturated heterocycles. The second kappa shape index (κ2) is 13.7. The lowest BCUT2D eigenvalue weighted by atomic mass is 9.83. The molecule has 1 aliphatic rings. The van der Waals surface area contributed by atoms with Crippen molar-refractivity contribution in [2.75, 3.05) is 0 Å². The van der Waals surface area contributed by atoms with Crippen LogP contribution in [0.15, 0.2) is 33.9 Å². The van der Waals surface area contributed by atoms with E-state index in [0.29, 0.717) is 17.1 Å². The number of ketones is 3. The SMILES string of the molecule is CC1=C(C)C(=O)C(C(=O)/C=C(\C)CCCC(C)CCCC(C)CCCC(C)C)=C(C)C1=O. The van der Waals surface area contributed by atoms with Crippen molar-refractivity contribution in [3.8, 4) is 0 Å². The first-order chi connectivity index (χ1) is 15.0. The third-order valence-corrected chi connectivity index (χ3v) is 6.95. The Labute approximate surface area is 196 Å². The Kier molecular flexibility index (Phi) is 12.1. The average Bonchev–Trinajstić information content (AvgIpc) is 2.70. The summed E-state index contributed by atoms with van der Waals surface area (Å²) >= 11 is 0. The number of Topliss-reactive ketones (excluding diaryl/α,β-unsaturated/α-hetero) is 2. The van der Waals surface area contributed by atoms with Crippen molar-refractivity contribution in [3.63, 3.8) is 0 Å². The molecule has 180 valence electrons. The van der Waals surface area contributed by atoms with E-state index in [1.54, 1.807) is 26.8 Å². The predicted molar refractivity (Wildman–Crippen MR) is 135 cm³/mol. The molecule has 32 heavy (non-hydrogen) atoms. The van der Waals surface area contributed by atoms with Crippen LogP contribution in [-0.2, 0) is 14.4 Å². The summed E-state index contributed by atoms with van der Waals surface area (Å²) in [5, 5.41) is 0. The van der Waals surface area contributed by atoms with E-state index in [9.17, 15) is 14.4 Å². The fourth-order valence-electron chi connectivity index (χ4n) is 4.47. The lowest BCUT2D eigenvalue weighted by Crippen LogP contribution is -2.24. The minimum absolute atomic E-state index is 0.0494. The molecule has 0 aromatic heterocycles. The van der Waals surface area contributed by atoms with Crippen molar-refractivity contribution in [1.82, 2.24) is 0 Å². The quantitative estimate of drug-likeness (QED) is 0.157. The van der Waals surface area contributed by atoms with Crippen LogP contribution in [0.2, 0.25) is 0 Å². The lowest BCUT2D eigenvalue weighted by molar-refractivity contribution is -0.120. The molecule has 0 radical (unpaired) electrons. The van der Waals surface area contributed by atoms with Gasteiger partial charge in [-0.05, 0) is 64.4 Å². The third-order valence-electron chi connectivity index (χ3n) is 6.95. The standard InChI is InChI=1S/C29H46O3/c1-19(2)12-9-13-20(3)14-10-15-21(4)16-11-17-22(5)18-26(30)27-25(8)28(31)23(6)24(7)29(27)32/h18-21H,9-17H2,1-8H3/b22-18+. The van der Waals surface area contributed by atoms with Crippen LogP contribution in [0.1, 0.15) is 113 Å². The summed E-state index contributed by atoms with van der Waals surface area (Å²) in [6.45, 7) is 16.1. The van der Waals surface area contributed by atoms with Gasteiger partial charge in [0.25, 0.3) is 0 Å². The van der Waals surface area contributed by atoms with E-state index in [2.05, 4.69) is 27.7 Å². The van der Waals surface area contributed by atoms with Crippen LogP contribution in [0.4, 0.5) is 0 Å². The molecule has 0 spiro atoms. The summed E-state index contributed by atoms with van der Waals surface area (Å²) in [6, 6.07) is 0. The van der Waals surface area contributed by atoms with E-state index in [-0.39, 0.29) is 28.5 Å². The molecule has 0 heterocycles. The van der Waals surface area contributed by atoms with Crippen molar-refractivity contribution in [3.05, 3.63) is 33.9 Å². The third kappa shape index (κ3) is 9.00. The van der Waals surface area contributed by atoms with Gasteiger partial charge in [-0.3, -0.25) is 14.4 Å². The molecule has 3 heteroatoms. The highest BCUT2D eigenvalue weighted by molar-refractivity contribution is 6.37. The van der Waals surface area contributed by atoms with Crippen molar-refractivity contribution in [1.29, 1.82) is 0 Å². The molecule has 0 aromatic rings. The Balaban J connectivity index is 2.41. The zero-order chi connectivity index (χ0) is 24.4. The average molecular weight is 443 g/mol. The zero-order valence-electron chi connectivity index (χ0n) is 21.9. The largest absolute Gasteiger partial charge is 0.289 e. The normalized spacial score (nSPS) is 17.5. The fraction of sp³-hybridized carbons (Fsp3) is 0.690. The van der Waals surface area contributed by atoms with Gasteiger partial charge in [0.2, 0.25) is 0 Å². The van der Waals surface area contributed by atoms with Crippen LogP contribution >= 0.6 is 0 Å². The minimum Gasteiger partial charge on any atom is -0.289 e. The van der Waals surface area contributed by atoms with Crippen molar-refractivity contribution < 1.29 is 14.4 Å². The van der Waals surface area contributed by atoms with Crippen LogP contribution in [0.25, 0.3) is 0 Å². The lowest BCUT2D eigenvalue weighted by Gasteiger charge is -2.17. The van der Waals surface area contributed by atoms with Crippen LogP contribution in [0.3, 0.4) is 0 Å². The van der Waals surface area contributed by atoms with Crippen LogP contribution < -0.4 is 0 Å². The van der Waals surface area contributed by atoms with Gasteiger partial charge >= 0.3 is 0 Å². The van der Waals surface area contributed by atoms with Gasteiger partial charge in [0, 0.05) is 16.7 Å². The first-order valence-electron chi connectivity index (χ1n) is 12.6. The highest BCUT2D eigenvalue weighted by Crippen LogP contribution is 2.26. The Morgan fingerprint density at radius 1 is 0.719 bits per heavy atom. The van der Waals surface area contributed by atoms with Crippen LogP contribution in [0.5, 0.6) is 0 Å². The summed E-state index contributed by atoms with van der Waals surface area (Å²) in [7, 11) is 0. The number of carbonyl (C=O) groups is 3. The van der Waals surface area contributed by atoms with E-state index >= 15 is 0 Å². The van der Waals surface area contributed by atoms with Gasteiger partial charge in [0.15, 0.2) is 17.3 Å².